The molecular weight excluding hydrogens is 376 g/mol. The number of rotatable bonds is 4. The van der Waals surface area contributed by atoms with Crippen molar-refractivity contribution in [3.05, 3.63) is 70.3 Å². The number of phenols is 1. The van der Waals surface area contributed by atoms with E-state index in [1.165, 1.54) is 42.5 Å². The summed E-state index contributed by atoms with van der Waals surface area (Å²) in [6.07, 6.45) is 0. The molecule has 0 bridgehead atoms. The maximum Gasteiger partial charge on any atom is 0.295 e. The molecule has 138 valence electrons. The average Bonchev–Trinajstić information content (AvgIpc) is 2.61. The maximum absolute atomic E-state index is 12.4. The highest BCUT2D eigenvalue weighted by molar-refractivity contribution is 7.86. The molecule has 0 saturated carbocycles. The highest BCUT2D eigenvalue weighted by Gasteiger charge is 2.19. The quantitative estimate of drug-likeness (QED) is 0.354. The van der Waals surface area contributed by atoms with E-state index in [9.17, 15) is 33.0 Å². The minimum absolute atomic E-state index is 0.0269. The number of nitro benzene ring substituents is 1. The van der Waals surface area contributed by atoms with E-state index in [0.717, 1.165) is 12.1 Å². The number of amides is 1. The fourth-order valence-corrected chi connectivity index (χ4v) is 3.31. The van der Waals surface area contributed by atoms with E-state index in [2.05, 4.69) is 5.32 Å². The maximum atomic E-state index is 12.4. The van der Waals surface area contributed by atoms with Gasteiger partial charge >= 0.3 is 0 Å². The predicted molar refractivity (Wildman–Crippen MR) is 96.5 cm³/mol. The van der Waals surface area contributed by atoms with Crippen LogP contribution in [0, 0.1) is 10.1 Å². The van der Waals surface area contributed by atoms with Crippen LogP contribution in [0.15, 0.2) is 59.5 Å². The Bertz CT molecular complexity index is 1170. The third kappa shape index (κ3) is 3.57. The van der Waals surface area contributed by atoms with Crippen LogP contribution < -0.4 is 5.32 Å². The first-order valence-electron chi connectivity index (χ1n) is 7.46. The topological polar surface area (TPSA) is 147 Å². The monoisotopic (exact) mass is 388 g/mol. The van der Waals surface area contributed by atoms with Crippen LogP contribution >= 0.6 is 0 Å². The van der Waals surface area contributed by atoms with Gasteiger partial charge in [0, 0.05) is 28.5 Å². The van der Waals surface area contributed by atoms with Crippen LogP contribution in [-0.4, -0.2) is 28.9 Å². The number of nitrogens with zero attached hydrogens (tertiary/aromatic N) is 1. The number of non-ortho nitro benzene ring substituents is 1. The second kappa shape index (κ2) is 6.67. The largest absolute Gasteiger partial charge is 0.507 e. The molecule has 0 aromatic heterocycles. The summed E-state index contributed by atoms with van der Waals surface area (Å²) in [6, 6.07) is 11.3. The number of fused-ring (bicyclic) bond motifs is 1. The Labute approximate surface area is 152 Å². The molecule has 3 rings (SSSR count). The third-order valence-corrected chi connectivity index (χ3v) is 4.76. The van der Waals surface area contributed by atoms with Gasteiger partial charge in [-0.3, -0.25) is 19.5 Å². The first-order valence-corrected chi connectivity index (χ1v) is 8.90. The Morgan fingerprint density at radius 2 is 1.70 bits per heavy atom. The zero-order chi connectivity index (χ0) is 19.8. The normalized spacial score (nSPS) is 11.3. The van der Waals surface area contributed by atoms with Crippen LogP contribution in [0.2, 0.25) is 0 Å². The lowest BCUT2D eigenvalue weighted by Crippen LogP contribution is -2.12. The summed E-state index contributed by atoms with van der Waals surface area (Å²) in [4.78, 5) is 22.1. The van der Waals surface area contributed by atoms with Crippen molar-refractivity contribution >= 4 is 38.2 Å². The van der Waals surface area contributed by atoms with Crippen molar-refractivity contribution in [1.29, 1.82) is 0 Å². The standard InChI is InChI=1S/C17H12N2O7S/c20-14-8-9-15(27(24,25)26)12-2-1-3-13(16(12)14)18-17(21)10-4-6-11(7-5-10)19(22)23/h1-9,20H,(H,18,21)(H,24,25,26). The van der Waals surface area contributed by atoms with Crippen LogP contribution in [0.3, 0.4) is 0 Å². The van der Waals surface area contributed by atoms with Crippen LogP contribution in [0.4, 0.5) is 11.4 Å². The molecule has 3 aromatic rings. The Morgan fingerprint density at radius 1 is 1.04 bits per heavy atom. The molecule has 0 radical (unpaired) electrons. The van der Waals surface area contributed by atoms with Gasteiger partial charge in [-0.25, -0.2) is 0 Å². The van der Waals surface area contributed by atoms with Gasteiger partial charge in [-0.15, -0.1) is 0 Å². The van der Waals surface area contributed by atoms with Crippen molar-refractivity contribution in [2.75, 3.05) is 5.32 Å². The lowest BCUT2D eigenvalue weighted by molar-refractivity contribution is -0.384. The Balaban J connectivity index is 2.05. The number of hydrogen-bond donors (Lipinski definition) is 3. The molecule has 3 N–H and O–H groups in total. The summed E-state index contributed by atoms with van der Waals surface area (Å²) in [5, 5.41) is 23.4. The third-order valence-electron chi connectivity index (χ3n) is 3.85. The lowest BCUT2D eigenvalue weighted by Gasteiger charge is -2.12. The molecular formula is C17H12N2O7S. The van der Waals surface area contributed by atoms with E-state index in [0.29, 0.717) is 0 Å². The molecule has 27 heavy (non-hydrogen) atoms. The van der Waals surface area contributed by atoms with Crippen molar-refractivity contribution in [2.24, 2.45) is 0 Å². The number of carbonyl (C=O) groups excluding carboxylic acids is 1. The fourth-order valence-electron chi connectivity index (χ4n) is 2.62. The number of carbonyl (C=O) groups is 1. The lowest BCUT2D eigenvalue weighted by atomic mass is 10.1. The zero-order valence-corrected chi connectivity index (χ0v) is 14.3. The highest BCUT2D eigenvalue weighted by Crippen LogP contribution is 2.35. The van der Waals surface area contributed by atoms with Crippen LogP contribution in [0.25, 0.3) is 10.8 Å². The molecule has 0 aliphatic heterocycles. The van der Waals surface area contributed by atoms with Crippen LogP contribution in [-0.2, 0) is 10.1 Å². The van der Waals surface area contributed by atoms with Crippen LogP contribution in [0.5, 0.6) is 5.75 Å². The van der Waals surface area contributed by atoms with Gasteiger partial charge in [-0.05, 0) is 30.3 Å². The molecule has 0 aliphatic rings. The van der Waals surface area contributed by atoms with Gasteiger partial charge in [0.1, 0.15) is 10.6 Å². The SMILES string of the molecule is O=C(Nc1cccc2c(S(=O)(=O)O)ccc(O)c12)c1ccc([N+](=O)[O-])cc1. The summed E-state index contributed by atoms with van der Waals surface area (Å²) in [5.74, 6) is -0.911. The van der Waals surface area contributed by atoms with Crippen molar-refractivity contribution in [1.82, 2.24) is 0 Å². The van der Waals surface area contributed by atoms with E-state index in [1.54, 1.807) is 0 Å². The second-order valence-corrected chi connectivity index (χ2v) is 6.93. The molecule has 0 heterocycles. The number of nitrogens with one attached hydrogen (secondary N) is 1. The first-order chi connectivity index (χ1) is 12.7. The molecule has 0 saturated heterocycles. The van der Waals surface area contributed by atoms with E-state index in [-0.39, 0.29) is 33.5 Å². The molecule has 1 amide bonds. The second-order valence-electron chi connectivity index (χ2n) is 5.54. The van der Waals surface area contributed by atoms with Gasteiger partial charge in [0.2, 0.25) is 0 Å². The molecule has 10 heteroatoms. The number of benzene rings is 3. The number of nitro groups is 1. The smallest absolute Gasteiger partial charge is 0.295 e. The first kappa shape index (κ1) is 18.3. The number of aromatic hydroxyl groups is 1. The number of anilines is 1. The minimum Gasteiger partial charge on any atom is -0.507 e. The predicted octanol–water partition coefficient (Wildman–Crippen LogP) is 2.95. The average molecular weight is 388 g/mol. The Kier molecular flexibility index (Phi) is 4.52. The summed E-state index contributed by atoms with van der Waals surface area (Å²) in [7, 11) is -4.54. The van der Waals surface area contributed by atoms with E-state index < -0.39 is 25.8 Å². The van der Waals surface area contributed by atoms with Gasteiger partial charge in [0.05, 0.1) is 10.6 Å². The molecule has 0 atom stereocenters. The van der Waals surface area contributed by atoms with Crippen molar-refractivity contribution in [3.8, 4) is 5.75 Å². The summed E-state index contributed by atoms with van der Waals surface area (Å²) < 4.78 is 32.4. The summed E-state index contributed by atoms with van der Waals surface area (Å²) in [6.45, 7) is 0. The minimum atomic E-state index is -4.54. The number of hydrogen-bond acceptors (Lipinski definition) is 6. The summed E-state index contributed by atoms with van der Waals surface area (Å²) >= 11 is 0. The van der Waals surface area contributed by atoms with Gasteiger partial charge in [0.25, 0.3) is 21.7 Å². The van der Waals surface area contributed by atoms with Crippen molar-refractivity contribution in [2.45, 2.75) is 4.90 Å². The van der Waals surface area contributed by atoms with Crippen molar-refractivity contribution < 1.29 is 27.8 Å². The fraction of sp³-hybridized carbons (Fsp3) is 0. The Morgan fingerprint density at radius 3 is 2.30 bits per heavy atom. The summed E-state index contributed by atoms with van der Waals surface area (Å²) in [5.41, 5.74) is 0.0639. The Hall–Kier alpha value is -3.50. The molecule has 0 aliphatic carbocycles. The molecule has 0 fully saturated rings. The van der Waals surface area contributed by atoms with Gasteiger partial charge in [0.15, 0.2) is 0 Å². The van der Waals surface area contributed by atoms with Gasteiger partial charge < -0.3 is 10.4 Å². The van der Waals surface area contributed by atoms with E-state index >= 15 is 0 Å². The van der Waals surface area contributed by atoms with Gasteiger partial charge in [-0.1, -0.05) is 12.1 Å². The molecule has 0 unspecified atom stereocenters. The number of phenolic OH excluding ortho intramolecular Hbond substituents is 1. The van der Waals surface area contributed by atoms with Crippen molar-refractivity contribution in [3.63, 3.8) is 0 Å². The highest BCUT2D eigenvalue weighted by atomic mass is 32.2. The molecule has 9 nitrogen and oxygen atoms in total. The molecule has 3 aromatic carbocycles. The molecule has 0 spiro atoms. The van der Waals surface area contributed by atoms with E-state index in [4.69, 9.17) is 0 Å². The van der Waals surface area contributed by atoms with Crippen LogP contribution in [0.1, 0.15) is 10.4 Å². The van der Waals surface area contributed by atoms with E-state index in [1.807, 2.05) is 0 Å². The zero-order valence-electron chi connectivity index (χ0n) is 13.5. The van der Waals surface area contributed by atoms with Gasteiger partial charge in [-0.2, -0.15) is 8.42 Å².